The van der Waals surface area contributed by atoms with E-state index in [0.29, 0.717) is 12.2 Å². The van der Waals surface area contributed by atoms with Crippen molar-refractivity contribution >= 4 is 11.4 Å². The van der Waals surface area contributed by atoms with Crippen LogP contribution >= 0.6 is 0 Å². The van der Waals surface area contributed by atoms with E-state index in [1.54, 1.807) is 36.5 Å². The number of nitrogens with one attached hydrogen (secondary N) is 1. The highest BCUT2D eigenvalue weighted by Gasteiger charge is 1.99. The molecule has 1 aromatic heterocycles. The summed E-state index contributed by atoms with van der Waals surface area (Å²) in [5.41, 5.74) is 8.18. The highest BCUT2D eigenvalue weighted by atomic mass is 16.3. The molecule has 82 valence electrons. The first-order chi connectivity index (χ1) is 7.75. The summed E-state index contributed by atoms with van der Waals surface area (Å²) in [4.78, 5) is 4.17. The molecule has 0 aliphatic carbocycles. The fourth-order valence-electron chi connectivity index (χ4n) is 1.36. The van der Waals surface area contributed by atoms with Gasteiger partial charge in [0, 0.05) is 11.9 Å². The predicted octanol–water partition coefficient (Wildman–Crippen LogP) is 1.98. The minimum Gasteiger partial charge on any atom is -0.508 e. The molecule has 4 heteroatoms. The van der Waals surface area contributed by atoms with Gasteiger partial charge in [-0.15, -0.1) is 0 Å². The van der Waals surface area contributed by atoms with Crippen LogP contribution in [0.1, 0.15) is 5.69 Å². The van der Waals surface area contributed by atoms with Gasteiger partial charge < -0.3 is 16.2 Å². The lowest BCUT2D eigenvalue weighted by Gasteiger charge is -2.07. The number of nitrogens with two attached hydrogens (primary N) is 1. The Hall–Kier alpha value is -2.23. The molecule has 0 atom stereocenters. The summed E-state index contributed by atoms with van der Waals surface area (Å²) >= 11 is 0. The lowest BCUT2D eigenvalue weighted by molar-refractivity contribution is 0.475. The average molecular weight is 215 g/mol. The van der Waals surface area contributed by atoms with E-state index in [9.17, 15) is 0 Å². The quantitative estimate of drug-likeness (QED) is 0.685. The number of hydrogen-bond donors (Lipinski definition) is 3. The summed E-state index contributed by atoms with van der Waals surface area (Å²) < 4.78 is 0. The van der Waals surface area contributed by atoms with Crippen LogP contribution in [0.4, 0.5) is 11.4 Å². The van der Waals surface area contributed by atoms with Crippen LogP contribution in [-0.4, -0.2) is 10.1 Å². The fraction of sp³-hybridized carbons (Fsp3) is 0.0833. The summed E-state index contributed by atoms with van der Waals surface area (Å²) in [6, 6.07) is 10.5. The Morgan fingerprint density at radius 3 is 2.62 bits per heavy atom. The average Bonchev–Trinajstić information content (AvgIpc) is 2.30. The van der Waals surface area contributed by atoms with Crippen LogP contribution in [0, 0.1) is 0 Å². The van der Waals surface area contributed by atoms with Crippen molar-refractivity contribution in [1.82, 2.24) is 4.98 Å². The SMILES string of the molecule is Nc1cccnc1CNc1ccc(O)cc1. The Balaban J connectivity index is 2.02. The monoisotopic (exact) mass is 215 g/mol. The van der Waals surface area contributed by atoms with Crippen molar-refractivity contribution < 1.29 is 5.11 Å². The van der Waals surface area contributed by atoms with Crippen molar-refractivity contribution in [3.8, 4) is 5.75 Å². The van der Waals surface area contributed by atoms with Crippen LogP contribution in [0.15, 0.2) is 42.6 Å². The molecule has 2 aromatic rings. The Labute approximate surface area is 93.8 Å². The minimum atomic E-state index is 0.253. The van der Waals surface area contributed by atoms with Gasteiger partial charge in [0.15, 0.2) is 0 Å². The molecule has 0 aliphatic heterocycles. The molecular weight excluding hydrogens is 202 g/mol. The number of anilines is 2. The Morgan fingerprint density at radius 1 is 1.19 bits per heavy atom. The number of aromatic hydroxyl groups is 1. The van der Waals surface area contributed by atoms with E-state index in [2.05, 4.69) is 10.3 Å². The summed E-state index contributed by atoms with van der Waals surface area (Å²) in [5.74, 6) is 0.253. The number of nitrogens with zero attached hydrogens (tertiary/aromatic N) is 1. The van der Waals surface area contributed by atoms with Crippen molar-refractivity contribution in [2.24, 2.45) is 0 Å². The van der Waals surface area contributed by atoms with E-state index < -0.39 is 0 Å². The second-order valence-corrected chi connectivity index (χ2v) is 3.44. The second kappa shape index (κ2) is 4.53. The maximum atomic E-state index is 9.13. The van der Waals surface area contributed by atoms with Crippen molar-refractivity contribution in [3.63, 3.8) is 0 Å². The highest BCUT2D eigenvalue weighted by Crippen LogP contribution is 2.15. The van der Waals surface area contributed by atoms with Gasteiger partial charge in [-0.05, 0) is 36.4 Å². The largest absolute Gasteiger partial charge is 0.508 e. The topological polar surface area (TPSA) is 71.2 Å². The number of rotatable bonds is 3. The van der Waals surface area contributed by atoms with Gasteiger partial charge in [-0.1, -0.05) is 0 Å². The standard InChI is InChI=1S/C12H13N3O/c13-11-2-1-7-14-12(11)8-15-9-3-5-10(16)6-4-9/h1-7,15-16H,8,13H2. The number of pyridine rings is 1. The molecule has 0 saturated carbocycles. The zero-order valence-electron chi connectivity index (χ0n) is 8.72. The second-order valence-electron chi connectivity index (χ2n) is 3.44. The third-order valence-electron chi connectivity index (χ3n) is 2.25. The molecule has 0 unspecified atom stereocenters. The fourth-order valence-corrected chi connectivity index (χ4v) is 1.36. The lowest BCUT2D eigenvalue weighted by atomic mass is 10.2. The number of phenols is 1. The van der Waals surface area contributed by atoms with E-state index in [4.69, 9.17) is 10.8 Å². The molecule has 4 N–H and O–H groups in total. The molecule has 1 aromatic carbocycles. The van der Waals surface area contributed by atoms with Gasteiger partial charge in [0.25, 0.3) is 0 Å². The molecule has 0 bridgehead atoms. The van der Waals surface area contributed by atoms with Gasteiger partial charge in [-0.2, -0.15) is 0 Å². The van der Waals surface area contributed by atoms with Crippen molar-refractivity contribution in [2.75, 3.05) is 11.1 Å². The number of aromatic nitrogens is 1. The van der Waals surface area contributed by atoms with Crippen LogP contribution in [-0.2, 0) is 6.54 Å². The Kier molecular flexibility index (Phi) is 2.91. The number of nitrogen functional groups attached to an aromatic ring is 1. The molecule has 2 rings (SSSR count). The van der Waals surface area contributed by atoms with Crippen molar-refractivity contribution in [3.05, 3.63) is 48.3 Å². The maximum absolute atomic E-state index is 9.13. The summed E-state index contributed by atoms with van der Waals surface area (Å²) in [6.07, 6.45) is 1.71. The molecule has 0 saturated heterocycles. The zero-order valence-corrected chi connectivity index (χ0v) is 8.72. The van der Waals surface area contributed by atoms with E-state index in [1.807, 2.05) is 6.07 Å². The van der Waals surface area contributed by atoms with Gasteiger partial charge in [0.2, 0.25) is 0 Å². The van der Waals surface area contributed by atoms with Crippen LogP contribution in [0.2, 0.25) is 0 Å². The van der Waals surface area contributed by atoms with Crippen LogP contribution in [0.3, 0.4) is 0 Å². The molecule has 0 radical (unpaired) electrons. The van der Waals surface area contributed by atoms with Gasteiger partial charge in [0.1, 0.15) is 5.75 Å². The normalized spacial score (nSPS) is 10.0. The van der Waals surface area contributed by atoms with Gasteiger partial charge in [-0.25, -0.2) is 0 Å². The lowest BCUT2D eigenvalue weighted by Crippen LogP contribution is -2.04. The summed E-state index contributed by atoms with van der Waals surface area (Å²) in [6.45, 7) is 0.567. The highest BCUT2D eigenvalue weighted by molar-refractivity contribution is 5.49. The Bertz CT molecular complexity index is 468. The van der Waals surface area contributed by atoms with E-state index in [-0.39, 0.29) is 5.75 Å². The smallest absolute Gasteiger partial charge is 0.115 e. The minimum absolute atomic E-state index is 0.253. The molecule has 0 amide bonds. The number of benzene rings is 1. The zero-order chi connectivity index (χ0) is 11.4. The first-order valence-corrected chi connectivity index (χ1v) is 4.98. The van der Waals surface area contributed by atoms with E-state index in [0.717, 1.165) is 11.4 Å². The maximum Gasteiger partial charge on any atom is 0.115 e. The molecule has 1 heterocycles. The third-order valence-corrected chi connectivity index (χ3v) is 2.25. The Morgan fingerprint density at radius 2 is 1.94 bits per heavy atom. The number of phenolic OH excluding ortho intramolecular Hbond substituents is 1. The van der Waals surface area contributed by atoms with Crippen LogP contribution < -0.4 is 11.1 Å². The van der Waals surface area contributed by atoms with Crippen molar-refractivity contribution in [2.45, 2.75) is 6.54 Å². The summed E-state index contributed by atoms with van der Waals surface area (Å²) in [5, 5.41) is 12.3. The van der Waals surface area contributed by atoms with Crippen LogP contribution in [0.5, 0.6) is 5.75 Å². The molecule has 0 aliphatic rings. The van der Waals surface area contributed by atoms with Gasteiger partial charge in [0.05, 0.1) is 17.9 Å². The predicted molar refractivity (Wildman–Crippen MR) is 64.1 cm³/mol. The van der Waals surface area contributed by atoms with Crippen LogP contribution in [0.25, 0.3) is 0 Å². The molecule has 4 nitrogen and oxygen atoms in total. The van der Waals surface area contributed by atoms with E-state index >= 15 is 0 Å². The third kappa shape index (κ3) is 2.42. The molecule has 0 spiro atoms. The molecular formula is C12H13N3O. The summed E-state index contributed by atoms with van der Waals surface area (Å²) in [7, 11) is 0. The van der Waals surface area contributed by atoms with Gasteiger partial charge in [-0.3, -0.25) is 4.98 Å². The first kappa shape index (κ1) is 10.3. The molecule has 0 fully saturated rings. The first-order valence-electron chi connectivity index (χ1n) is 4.98. The van der Waals surface area contributed by atoms with Gasteiger partial charge >= 0.3 is 0 Å². The van der Waals surface area contributed by atoms with Crippen molar-refractivity contribution in [1.29, 1.82) is 0 Å². The van der Waals surface area contributed by atoms with E-state index in [1.165, 1.54) is 0 Å². The molecule has 16 heavy (non-hydrogen) atoms. The number of hydrogen-bond acceptors (Lipinski definition) is 4.